The number of carboxylic acid groups (broad SMARTS) is 1. The molecular formula is C18H27N3O5S. The summed E-state index contributed by atoms with van der Waals surface area (Å²) < 4.78 is 27.0. The molecule has 1 heterocycles. The molecule has 0 atom stereocenters. The average Bonchev–Trinajstić information content (AvgIpc) is 2.64. The Balaban J connectivity index is 2.14. The summed E-state index contributed by atoms with van der Waals surface area (Å²) in [6, 6.07) is 4.46. The molecule has 1 aromatic rings. The highest BCUT2D eigenvalue weighted by molar-refractivity contribution is 7.89. The molecule has 1 saturated heterocycles. The number of carboxylic acids is 1. The molecule has 0 saturated carbocycles. The van der Waals surface area contributed by atoms with Crippen LogP contribution in [0.3, 0.4) is 0 Å². The Hall–Kier alpha value is -2.13. The predicted octanol–water partition coefficient (Wildman–Crippen LogP) is 2.35. The van der Waals surface area contributed by atoms with Crippen LogP contribution in [0.4, 0.5) is 10.5 Å². The van der Waals surface area contributed by atoms with Crippen LogP contribution in [0.5, 0.6) is 0 Å². The number of carbonyl (C=O) groups is 2. The molecule has 2 rings (SSSR count). The van der Waals surface area contributed by atoms with Gasteiger partial charge in [0.2, 0.25) is 10.0 Å². The molecule has 9 heteroatoms. The SMILES string of the molecule is CCN(CC)S(=O)(=O)c1cc(NC(=O)N2CCC(C(=O)O)CC2)ccc1C. The molecule has 1 aliphatic heterocycles. The highest BCUT2D eigenvalue weighted by Crippen LogP contribution is 2.24. The number of aliphatic carboxylic acids is 1. The maximum atomic E-state index is 12.8. The number of likely N-dealkylation sites (tertiary alicyclic amines) is 1. The van der Waals surface area contributed by atoms with Crippen molar-refractivity contribution in [2.75, 3.05) is 31.5 Å². The first-order valence-corrected chi connectivity index (χ1v) is 10.5. The highest BCUT2D eigenvalue weighted by atomic mass is 32.2. The van der Waals surface area contributed by atoms with Crippen molar-refractivity contribution in [3.05, 3.63) is 23.8 Å². The molecule has 27 heavy (non-hydrogen) atoms. The summed E-state index contributed by atoms with van der Waals surface area (Å²) in [7, 11) is -3.63. The number of sulfonamides is 1. The van der Waals surface area contributed by atoms with Crippen molar-refractivity contribution in [3.63, 3.8) is 0 Å². The van der Waals surface area contributed by atoms with E-state index in [0.717, 1.165) is 0 Å². The topological polar surface area (TPSA) is 107 Å². The average molecular weight is 397 g/mol. The van der Waals surface area contributed by atoms with Crippen LogP contribution in [0.1, 0.15) is 32.3 Å². The third-order valence-corrected chi connectivity index (χ3v) is 7.09. The summed E-state index contributed by atoms with van der Waals surface area (Å²) >= 11 is 0. The molecule has 1 aromatic carbocycles. The minimum atomic E-state index is -3.63. The van der Waals surface area contributed by atoms with Crippen LogP contribution < -0.4 is 5.32 Å². The van der Waals surface area contributed by atoms with Crippen LogP contribution >= 0.6 is 0 Å². The number of urea groups is 1. The van der Waals surface area contributed by atoms with E-state index in [-0.39, 0.29) is 10.9 Å². The van der Waals surface area contributed by atoms with Crippen molar-refractivity contribution in [1.29, 1.82) is 0 Å². The number of amides is 2. The molecule has 150 valence electrons. The van der Waals surface area contributed by atoms with E-state index in [1.807, 2.05) is 0 Å². The van der Waals surface area contributed by atoms with E-state index in [0.29, 0.717) is 50.3 Å². The smallest absolute Gasteiger partial charge is 0.321 e. The van der Waals surface area contributed by atoms with Gasteiger partial charge in [-0.2, -0.15) is 4.31 Å². The summed E-state index contributed by atoms with van der Waals surface area (Å²) in [5.74, 6) is -1.25. The first kappa shape index (κ1) is 21.2. The third kappa shape index (κ3) is 4.78. The van der Waals surface area contributed by atoms with Gasteiger partial charge in [-0.3, -0.25) is 4.79 Å². The number of aryl methyl sites for hydroxylation is 1. The van der Waals surface area contributed by atoms with E-state index < -0.39 is 21.9 Å². The van der Waals surface area contributed by atoms with Crippen LogP contribution in [0, 0.1) is 12.8 Å². The summed E-state index contributed by atoms with van der Waals surface area (Å²) in [5.41, 5.74) is 1.01. The largest absolute Gasteiger partial charge is 0.481 e. The number of carbonyl (C=O) groups excluding carboxylic acids is 1. The molecule has 0 spiro atoms. The summed E-state index contributed by atoms with van der Waals surface area (Å²) in [4.78, 5) is 25.2. The second-order valence-electron chi connectivity index (χ2n) is 6.60. The molecular weight excluding hydrogens is 370 g/mol. The molecule has 2 N–H and O–H groups in total. The Labute approximate surface area is 160 Å². The molecule has 0 bridgehead atoms. The lowest BCUT2D eigenvalue weighted by molar-refractivity contribution is -0.143. The first-order chi connectivity index (χ1) is 12.7. The van der Waals surface area contributed by atoms with Gasteiger partial charge in [0.15, 0.2) is 0 Å². The first-order valence-electron chi connectivity index (χ1n) is 9.10. The zero-order chi connectivity index (χ0) is 20.2. The van der Waals surface area contributed by atoms with Gasteiger partial charge in [-0.1, -0.05) is 19.9 Å². The van der Waals surface area contributed by atoms with Crippen LogP contribution in [0.25, 0.3) is 0 Å². The van der Waals surface area contributed by atoms with E-state index in [4.69, 9.17) is 5.11 Å². The van der Waals surface area contributed by atoms with Crippen molar-refractivity contribution in [1.82, 2.24) is 9.21 Å². The molecule has 0 radical (unpaired) electrons. The highest BCUT2D eigenvalue weighted by Gasteiger charge is 2.28. The minimum Gasteiger partial charge on any atom is -0.481 e. The van der Waals surface area contributed by atoms with Gasteiger partial charge in [-0.05, 0) is 37.5 Å². The number of hydrogen-bond donors (Lipinski definition) is 2. The van der Waals surface area contributed by atoms with Gasteiger partial charge in [0.05, 0.1) is 10.8 Å². The number of hydrogen-bond acceptors (Lipinski definition) is 4. The molecule has 8 nitrogen and oxygen atoms in total. The number of rotatable bonds is 6. The normalized spacial score (nSPS) is 15.8. The summed E-state index contributed by atoms with van der Waals surface area (Å²) in [5, 5.41) is 11.8. The number of nitrogens with one attached hydrogen (secondary N) is 1. The van der Waals surface area contributed by atoms with E-state index in [1.54, 1.807) is 37.8 Å². The van der Waals surface area contributed by atoms with Gasteiger partial charge in [0.25, 0.3) is 0 Å². The van der Waals surface area contributed by atoms with Gasteiger partial charge >= 0.3 is 12.0 Å². The van der Waals surface area contributed by atoms with Crippen molar-refractivity contribution in [2.24, 2.45) is 5.92 Å². The van der Waals surface area contributed by atoms with Gasteiger partial charge < -0.3 is 15.3 Å². The predicted molar refractivity (Wildman–Crippen MR) is 102 cm³/mol. The van der Waals surface area contributed by atoms with Crippen molar-refractivity contribution >= 4 is 27.7 Å². The third-order valence-electron chi connectivity index (χ3n) is 4.89. The Morgan fingerprint density at radius 3 is 2.33 bits per heavy atom. The van der Waals surface area contributed by atoms with Crippen LogP contribution in [-0.2, 0) is 14.8 Å². The molecule has 2 amide bonds. The van der Waals surface area contributed by atoms with Crippen molar-refractivity contribution in [2.45, 2.75) is 38.5 Å². The quantitative estimate of drug-likeness (QED) is 0.766. The summed E-state index contributed by atoms with van der Waals surface area (Å²) in [6.07, 6.45) is 0.830. The van der Waals surface area contributed by atoms with E-state index in [1.165, 1.54) is 10.4 Å². The fourth-order valence-corrected chi connectivity index (χ4v) is 4.90. The van der Waals surface area contributed by atoms with Gasteiger partial charge in [0, 0.05) is 31.9 Å². The second-order valence-corrected chi connectivity index (χ2v) is 8.51. The Bertz CT molecular complexity index is 797. The van der Waals surface area contributed by atoms with Crippen molar-refractivity contribution < 1.29 is 23.1 Å². The molecule has 0 aliphatic carbocycles. The monoisotopic (exact) mass is 397 g/mol. The summed E-state index contributed by atoms with van der Waals surface area (Å²) in [6.45, 7) is 6.74. The van der Waals surface area contributed by atoms with E-state index >= 15 is 0 Å². The Kier molecular flexibility index (Phi) is 6.83. The lowest BCUT2D eigenvalue weighted by Gasteiger charge is -2.30. The zero-order valence-corrected chi connectivity index (χ0v) is 16.8. The zero-order valence-electron chi connectivity index (χ0n) is 15.9. The standard InChI is InChI=1S/C18H27N3O5S/c1-4-21(5-2)27(25,26)16-12-15(7-6-13(16)3)19-18(24)20-10-8-14(9-11-20)17(22)23/h6-7,12,14H,4-5,8-11H2,1-3H3,(H,19,24)(H,22,23). The molecule has 0 aromatic heterocycles. The minimum absolute atomic E-state index is 0.175. The Morgan fingerprint density at radius 1 is 1.22 bits per heavy atom. The number of piperidine rings is 1. The second kappa shape index (κ2) is 8.71. The maximum absolute atomic E-state index is 12.8. The number of benzene rings is 1. The van der Waals surface area contributed by atoms with E-state index in [2.05, 4.69) is 5.32 Å². The number of nitrogens with zero attached hydrogens (tertiary/aromatic N) is 2. The van der Waals surface area contributed by atoms with Gasteiger partial charge in [0.1, 0.15) is 0 Å². The lowest BCUT2D eigenvalue weighted by Crippen LogP contribution is -2.42. The molecule has 0 unspecified atom stereocenters. The maximum Gasteiger partial charge on any atom is 0.321 e. The Morgan fingerprint density at radius 2 is 1.81 bits per heavy atom. The lowest BCUT2D eigenvalue weighted by atomic mass is 9.97. The fraction of sp³-hybridized carbons (Fsp3) is 0.556. The van der Waals surface area contributed by atoms with Crippen LogP contribution in [-0.4, -0.2) is 60.9 Å². The number of anilines is 1. The van der Waals surface area contributed by atoms with Gasteiger partial charge in [-0.25, -0.2) is 13.2 Å². The van der Waals surface area contributed by atoms with Crippen LogP contribution in [0.15, 0.2) is 23.1 Å². The molecule has 1 fully saturated rings. The fourth-order valence-electron chi connectivity index (χ4n) is 3.19. The van der Waals surface area contributed by atoms with Gasteiger partial charge in [-0.15, -0.1) is 0 Å². The van der Waals surface area contributed by atoms with Crippen LogP contribution in [0.2, 0.25) is 0 Å². The van der Waals surface area contributed by atoms with E-state index in [9.17, 15) is 18.0 Å². The molecule has 1 aliphatic rings. The van der Waals surface area contributed by atoms with Crippen molar-refractivity contribution in [3.8, 4) is 0 Å².